The highest BCUT2D eigenvalue weighted by molar-refractivity contribution is 4.71. The van der Waals surface area contributed by atoms with E-state index in [-0.39, 0.29) is 0 Å². The molecule has 3 unspecified atom stereocenters. The largest absolute Gasteiger partial charge is 0.376 e. The van der Waals surface area contributed by atoms with E-state index in [0.29, 0.717) is 18.1 Å². The fourth-order valence-corrected chi connectivity index (χ4v) is 2.64. The third-order valence-corrected chi connectivity index (χ3v) is 5.11. The van der Waals surface area contributed by atoms with Crippen LogP contribution in [0.5, 0.6) is 0 Å². The summed E-state index contributed by atoms with van der Waals surface area (Å²) in [6.07, 6.45) is 10.1. The van der Waals surface area contributed by atoms with Gasteiger partial charge in [0.15, 0.2) is 5.79 Å². The highest BCUT2D eigenvalue weighted by atomic mass is 16.7. The van der Waals surface area contributed by atoms with Gasteiger partial charge in [-0.05, 0) is 13.3 Å². The van der Waals surface area contributed by atoms with Crippen LogP contribution in [0.25, 0.3) is 0 Å². The van der Waals surface area contributed by atoms with Crippen LogP contribution in [-0.4, -0.2) is 58.6 Å². The lowest BCUT2D eigenvalue weighted by Crippen LogP contribution is -2.37. The third-order valence-electron chi connectivity index (χ3n) is 5.11. The Bertz CT molecular complexity index is 299. The predicted octanol–water partition coefficient (Wildman–Crippen LogP) is 4.18. The van der Waals surface area contributed by atoms with E-state index < -0.39 is 5.79 Å². The molecule has 0 aromatic rings. The summed E-state index contributed by atoms with van der Waals surface area (Å²) in [5, 5.41) is 0. The summed E-state index contributed by atoms with van der Waals surface area (Å²) in [4.78, 5) is 0. The van der Waals surface area contributed by atoms with Crippen molar-refractivity contribution in [3.63, 3.8) is 0 Å². The van der Waals surface area contributed by atoms with Gasteiger partial charge >= 0.3 is 0 Å². The fourth-order valence-electron chi connectivity index (χ4n) is 2.64. The zero-order chi connectivity index (χ0) is 18.5. The van der Waals surface area contributed by atoms with E-state index in [9.17, 15) is 0 Å². The number of unbranched alkanes of at least 4 members (excludes halogenated alkanes) is 5. The fraction of sp³-hybridized carbons (Fsp3) is 1.00. The topological polar surface area (TPSA) is 52.8 Å². The van der Waals surface area contributed by atoms with Gasteiger partial charge in [0.2, 0.25) is 0 Å². The van der Waals surface area contributed by atoms with Gasteiger partial charge in [0, 0.05) is 20.1 Å². The number of methoxy groups -OCH3 is 2. The standard InChI is InChI=1S/C14H30O2.C6H10O3/c1-6-7-8-9-10-11-12-13(2)14(3,15-4)16-5;1(5-3-8-5)7-2-6-4-9-6/h13H,6-12H2,1-5H3;5-6H,1-4H2. The molecule has 2 saturated heterocycles. The Labute approximate surface area is 154 Å². The van der Waals surface area contributed by atoms with Gasteiger partial charge in [-0.15, -0.1) is 0 Å². The van der Waals surface area contributed by atoms with Gasteiger partial charge < -0.3 is 23.7 Å². The van der Waals surface area contributed by atoms with Crippen LogP contribution in [0.1, 0.15) is 65.7 Å². The van der Waals surface area contributed by atoms with Gasteiger partial charge in [-0.2, -0.15) is 0 Å². The van der Waals surface area contributed by atoms with E-state index in [4.69, 9.17) is 23.7 Å². The Kier molecular flexibility index (Phi) is 11.9. The van der Waals surface area contributed by atoms with Crippen LogP contribution in [0.3, 0.4) is 0 Å². The van der Waals surface area contributed by atoms with E-state index in [1.165, 1.54) is 44.9 Å². The summed E-state index contributed by atoms with van der Waals surface area (Å²) in [7, 11) is 3.45. The SMILES string of the molecule is C(OCC1CO1)C1CO1.CCCCCCCCC(C)C(C)(OC)OC. The Morgan fingerprint density at radius 1 is 0.920 bits per heavy atom. The van der Waals surface area contributed by atoms with Gasteiger partial charge in [-0.25, -0.2) is 0 Å². The van der Waals surface area contributed by atoms with Crippen molar-refractivity contribution >= 4 is 0 Å². The second-order valence-corrected chi connectivity index (χ2v) is 7.33. The number of hydrogen-bond donors (Lipinski definition) is 0. The first-order chi connectivity index (χ1) is 12.1. The normalized spacial score (nSPS) is 22.9. The molecule has 2 aliphatic rings. The van der Waals surface area contributed by atoms with Gasteiger partial charge in [0.1, 0.15) is 12.2 Å². The van der Waals surface area contributed by atoms with E-state index >= 15 is 0 Å². The minimum atomic E-state index is -0.413. The summed E-state index contributed by atoms with van der Waals surface area (Å²) in [5.74, 6) is 0.0392. The van der Waals surface area contributed by atoms with Crippen LogP contribution in [0.15, 0.2) is 0 Å². The molecule has 0 radical (unpaired) electrons. The van der Waals surface area contributed by atoms with Gasteiger partial charge in [-0.1, -0.05) is 52.4 Å². The molecule has 2 rings (SSSR count). The Hall–Kier alpha value is -0.200. The summed E-state index contributed by atoms with van der Waals surface area (Å²) in [6.45, 7) is 9.75. The highest BCUT2D eigenvalue weighted by Gasteiger charge is 2.30. The molecule has 150 valence electrons. The maximum atomic E-state index is 5.42. The summed E-state index contributed by atoms with van der Waals surface area (Å²) in [6, 6.07) is 0. The second-order valence-electron chi connectivity index (χ2n) is 7.33. The number of hydrogen-bond acceptors (Lipinski definition) is 5. The smallest absolute Gasteiger partial charge is 0.167 e. The van der Waals surface area contributed by atoms with Crippen molar-refractivity contribution in [3.05, 3.63) is 0 Å². The van der Waals surface area contributed by atoms with Crippen LogP contribution < -0.4 is 0 Å². The number of epoxide rings is 2. The molecule has 0 aromatic carbocycles. The molecule has 2 heterocycles. The minimum absolute atomic E-state index is 0.392. The molecule has 0 aromatic heterocycles. The highest BCUT2D eigenvalue weighted by Crippen LogP contribution is 2.26. The van der Waals surface area contributed by atoms with Crippen molar-refractivity contribution in [2.75, 3.05) is 40.6 Å². The van der Waals surface area contributed by atoms with Crippen molar-refractivity contribution in [2.45, 2.75) is 83.7 Å². The van der Waals surface area contributed by atoms with Gasteiger partial charge in [0.25, 0.3) is 0 Å². The first-order valence-electron chi connectivity index (χ1n) is 9.97. The number of ether oxygens (including phenoxy) is 5. The molecule has 0 spiro atoms. The lowest BCUT2D eigenvalue weighted by atomic mass is 9.94. The molecule has 3 atom stereocenters. The Morgan fingerprint density at radius 3 is 1.84 bits per heavy atom. The lowest BCUT2D eigenvalue weighted by Gasteiger charge is -2.32. The quantitative estimate of drug-likeness (QED) is 0.264. The van der Waals surface area contributed by atoms with E-state index in [1.54, 1.807) is 14.2 Å². The zero-order valence-electron chi connectivity index (χ0n) is 17.1. The molecule has 5 nitrogen and oxygen atoms in total. The van der Waals surface area contributed by atoms with E-state index in [0.717, 1.165) is 26.4 Å². The molecule has 2 aliphatic heterocycles. The van der Waals surface area contributed by atoms with E-state index in [2.05, 4.69) is 13.8 Å². The van der Waals surface area contributed by atoms with Crippen LogP contribution in [-0.2, 0) is 23.7 Å². The van der Waals surface area contributed by atoms with E-state index in [1.807, 2.05) is 6.92 Å². The molecule has 25 heavy (non-hydrogen) atoms. The van der Waals surface area contributed by atoms with Crippen molar-refractivity contribution in [3.8, 4) is 0 Å². The molecule has 0 amide bonds. The molecule has 0 aliphatic carbocycles. The molecule has 0 N–H and O–H groups in total. The van der Waals surface area contributed by atoms with Crippen molar-refractivity contribution in [1.29, 1.82) is 0 Å². The van der Waals surface area contributed by atoms with Crippen LogP contribution in [0, 0.1) is 5.92 Å². The summed E-state index contributed by atoms with van der Waals surface area (Å²) >= 11 is 0. The minimum Gasteiger partial charge on any atom is -0.376 e. The zero-order valence-corrected chi connectivity index (χ0v) is 17.1. The molecule has 2 fully saturated rings. The molecule has 5 heteroatoms. The van der Waals surface area contributed by atoms with Crippen molar-refractivity contribution < 1.29 is 23.7 Å². The molecular weight excluding hydrogens is 320 g/mol. The predicted molar refractivity (Wildman–Crippen MR) is 99.9 cm³/mol. The van der Waals surface area contributed by atoms with Crippen LogP contribution >= 0.6 is 0 Å². The molecule has 0 saturated carbocycles. The average Bonchev–Trinajstić information content (AvgIpc) is 3.53. The van der Waals surface area contributed by atoms with Crippen LogP contribution in [0.2, 0.25) is 0 Å². The molecule has 0 bridgehead atoms. The van der Waals surface area contributed by atoms with Crippen LogP contribution in [0.4, 0.5) is 0 Å². The third kappa shape index (κ3) is 11.2. The Balaban J connectivity index is 0.000000286. The molecular formula is C20H40O5. The number of rotatable bonds is 14. The second kappa shape index (κ2) is 13.0. The van der Waals surface area contributed by atoms with Crippen molar-refractivity contribution in [1.82, 2.24) is 0 Å². The van der Waals surface area contributed by atoms with Crippen molar-refractivity contribution in [2.24, 2.45) is 5.92 Å². The average molecular weight is 361 g/mol. The lowest BCUT2D eigenvalue weighted by molar-refractivity contribution is -0.224. The maximum Gasteiger partial charge on any atom is 0.167 e. The first kappa shape index (κ1) is 22.8. The first-order valence-corrected chi connectivity index (χ1v) is 9.97. The summed E-state index contributed by atoms with van der Waals surface area (Å²) in [5.41, 5.74) is 0. The monoisotopic (exact) mass is 360 g/mol. The Morgan fingerprint density at radius 2 is 1.40 bits per heavy atom. The maximum absolute atomic E-state index is 5.42. The van der Waals surface area contributed by atoms with Gasteiger partial charge in [0.05, 0.1) is 26.4 Å². The summed E-state index contributed by atoms with van der Waals surface area (Å²) < 4.78 is 26.0. The van der Waals surface area contributed by atoms with Gasteiger partial charge in [-0.3, -0.25) is 0 Å².